The Morgan fingerprint density at radius 1 is 1.31 bits per heavy atom. The molecule has 3 aromatic heterocycles. The molecular formula is C23H31N7O2. The summed E-state index contributed by atoms with van der Waals surface area (Å²) in [7, 11) is 0. The summed E-state index contributed by atoms with van der Waals surface area (Å²) in [6.07, 6.45) is 6.24. The fraction of sp³-hybridized carbons (Fsp3) is 0.565. The van der Waals surface area contributed by atoms with Crippen molar-refractivity contribution in [1.29, 1.82) is 5.41 Å². The first-order valence-electron chi connectivity index (χ1n) is 11.3. The van der Waals surface area contributed by atoms with E-state index in [1.807, 2.05) is 19.1 Å². The summed E-state index contributed by atoms with van der Waals surface area (Å²) in [5.41, 5.74) is 1.12. The average Bonchev–Trinajstić information content (AvgIpc) is 3.45. The minimum Gasteiger partial charge on any atom is -0.385 e. The number of morpholine rings is 1. The van der Waals surface area contributed by atoms with Gasteiger partial charge >= 0.3 is 0 Å². The molecule has 1 saturated heterocycles. The summed E-state index contributed by atoms with van der Waals surface area (Å²) in [4.78, 5) is 7.23. The summed E-state index contributed by atoms with van der Waals surface area (Å²) in [5, 5.41) is 32.5. The fourth-order valence-corrected chi connectivity index (χ4v) is 4.99. The van der Waals surface area contributed by atoms with E-state index < -0.39 is 5.60 Å². The van der Waals surface area contributed by atoms with Crippen molar-refractivity contribution in [3.63, 3.8) is 0 Å². The number of anilines is 1. The van der Waals surface area contributed by atoms with Crippen LogP contribution in [0.1, 0.15) is 52.0 Å². The Morgan fingerprint density at radius 3 is 2.75 bits per heavy atom. The van der Waals surface area contributed by atoms with E-state index in [4.69, 9.17) is 15.1 Å². The molecule has 0 unspecified atom stereocenters. The summed E-state index contributed by atoms with van der Waals surface area (Å²) in [6.45, 7) is 8.19. The molecule has 1 aliphatic carbocycles. The first-order chi connectivity index (χ1) is 15.3. The van der Waals surface area contributed by atoms with Crippen molar-refractivity contribution in [2.45, 2.75) is 58.1 Å². The SMILES string of the molecule is CC(=N)C1(C)CCC(O)(c2cc(N3CCOC[C@H]3C)nc3c2cnn3-c2ccn[nH]2)CC1. The smallest absolute Gasteiger partial charge is 0.167 e. The number of aliphatic hydroxyl groups is 1. The van der Waals surface area contributed by atoms with Crippen molar-refractivity contribution in [2.24, 2.45) is 5.41 Å². The van der Waals surface area contributed by atoms with Gasteiger partial charge in [-0.25, -0.2) is 4.98 Å². The number of aromatic amines is 1. The third-order valence-electron chi connectivity index (χ3n) is 7.49. The molecule has 0 radical (unpaired) electrons. The lowest BCUT2D eigenvalue weighted by molar-refractivity contribution is -0.0199. The van der Waals surface area contributed by atoms with Gasteiger partial charge in [0.15, 0.2) is 11.5 Å². The van der Waals surface area contributed by atoms with Crippen molar-refractivity contribution >= 4 is 22.6 Å². The second-order valence-corrected chi connectivity index (χ2v) is 9.60. The zero-order valence-corrected chi connectivity index (χ0v) is 18.9. The maximum Gasteiger partial charge on any atom is 0.167 e. The predicted molar refractivity (Wildman–Crippen MR) is 123 cm³/mol. The van der Waals surface area contributed by atoms with Gasteiger partial charge in [-0.15, -0.1) is 0 Å². The number of hydrogen-bond donors (Lipinski definition) is 3. The maximum atomic E-state index is 11.9. The first-order valence-corrected chi connectivity index (χ1v) is 11.3. The number of ether oxygens (including phenoxy) is 1. The zero-order valence-electron chi connectivity index (χ0n) is 18.9. The van der Waals surface area contributed by atoms with Crippen molar-refractivity contribution in [3.05, 3.63) is 30.1 Å². The highest BCUT2D eigenvalue weighted by molar-refractivity contribution is 5.85. The van der Waals surface area contributed by atoms with E-state index in [2.05, 4.69) is 34.0 Å². The van der Waals surface area contributed by atoms with Crippen LogP contribution < -0.4 is 4.90 Å². The molecule has 4 heterocycles. The molecule has 0 bridgehead atoms. The quantitative estimate of drug-likeness (QED) is 0.540. The summed E-state index contributed by atoms with van der Waals surface area (Å²) in [5.74, 6) is 1.56. The molecule has 2 fully saturated rings. The normalized spacial score (nSPS) is 28.9. The summed E-state index contributed by atoms with van der Waals surface area (Å²) >= 11 is 0. The maximum absolute atomic E-state index is 11.9. The molecule has 3 N–H and O–H groups in total. The lowest BCUT2D eigenvalue weighted by Crippen LogP contribution is -2.44. The number of aromatic nitrogens is 5. The standard InChI is InChI=1S/C23H31N7O2/c1-15-14-32-11-10-29(15)20-12-18(23(31)7-5-22(3,6-8-23)16(2)24)17-13-26-30(21(17)27-20)19-4-9-25-28-19/h4,9,12-13,15,24,31H,5-8,10-11,14H2,1-3H3,(H,25,28)/t15-,22?,23?/m1/s1. The second-order valence-electron chi connectivity index (χ2n) is 9.60. The number of nitrogens with zero attached hydrogens (tertiary/aromatic N) is 5. The Labute approximate surface area is 187 Å². The molecule has 5 rings (SSSR count). The Kier molecular flexibility index (Phi) is 5.05. The molecule has 0 aromatic carbocycles. The molecule has 0 spiro atoms. The third-order valence-corrected chi connectivity index (χ3v) is 7.49. The molecule has 1 atom stereocenters. The van der Waals surface area contributed by atoms with Crippen LogP contribution in [0.25, 0.3) is 16.9 Å². The van der Waals surface area contributed by atoms with Gasteiger partial charge in [0.2, 0.25) is 0 Å². The van der Waals surface area contributed by atoms with E-state index in [1.165, 1.54) is 0 Å². The van der Waals surface area contributed by atoms with Crippen LogP contribution in [0.2, 0.25) is 0 Å². The lowest BCUT2D eigenvalue weighted by atomic mass is 9.65. The van der Waals surface area contributed by atoms with Gasteiger partial charge < -0.3 is 20.2 Å². The van der Waals surface area contributed by atoms with Gasteiger partial charge in [0, 0.05) is 29.1 Å². The average molecular weight is 438 g/mol. The molecule has 2 aliphatic rings. The third kappa shape index (κ3) is 3.40. The second kappa shape index (κ2) is 7.67. The molecular weight excluding hydrogens is 406 g/mol. The van der Waals surface area contributed by atoms with Crippen LogP contribution in [0.15, 0.2) is 24.5 Å². The summed E-state index contributed by atoms with van der Waals surface area (Å²) < 4.78 is 7.38. The highest BCUT2D eigenvalue weighted by atomic mass is 16.5. The van der Waals surface area contributed by atoms with Crippen LogP contribution in [-0.4, -0.2) is 61.6 Å². The van der Waals surface area contributed by atoms with E-state index in [1.54, 1.807) is 17.1 Å². The van der Waals surface area contributed by atoms with E-state index in [0.717, 1.165) is 42.0 Å². The van der Waals surface area contributed by atoms with E-state index in [9.17, 15) is 5.11 Å². The van der Waals surface area contributed by atoms with Gasteiger partial charge in [-0.05, 0) is 51.2 Å². The van der Waals surface area contributed by atoms with Crippen LogP contribution in [0.4, 0.5) is 5.82 Å². The van der Waals surface area contributed by atoms with Gasteiger partial charge in [-0.2, -0.15) is 14.9 Å². The predicted octanol–water partition coefficient (Wildman–Crippen LogP) is 3.18. The summed E-state index contributed by atoms with van der Waals surface area (Å²) in [6, 6.07) is 4.09. The van der Waals surface area contributed by atoms with Crippen LogP contribution >= 0.6 is 0 Å². The van der Waals surface area contributed by atoms with Crippen molar-refractivity contribution in [2.75, 3.05) is 24.7 Å². The number of nitrogens with one attached hydrogen (secondary N) is 2. The minimum absolute atomic E-state index is 0.153. The van der Waals surface area contributed by atoms with Gasteiger partial charge in [-0.3, -0.25) is 5.10 Å². The highest BCUT2D eigenvalue weighted by Crippen LogP contribution is 2.48. The molecule has 3 aromatic rings. The topological polar surface area (TPSA) is 116 Å². The molecule has 0 amide bonds. The highest BCUT2D eigenvalue weighted by Gasteiger charge is 2.43. The minimum atomic E-state index is -0.984. The van der Waals surface area contributed by atoms with Gasteiger partial charge in [0.25, 0.3) is 0 Å². The lowest BCUT2D eigenvalue weighted by Gasteiger charge is -2.42. The molecule has 9 heteroatoms. The van der Waals surface area contributed by atoms with Crippen molar-refractivity contribution in [3.8, 4) is 5.82 Å². The van der Waals surface area contributed by atoms with E-state index in [0.29, 0.717) is 37.4 Å². The van der Waals surface area contributed by atoms with Crippen LogP contribution in [0.3, 0.4) is 0 Å². The zero-order chi connectivity index (χ0) is 22.5. The Morgan fingerprint density at radius 2 is 2.09 bits per heavy atom. The van der Waals surface area contributed by atoms with Crippen LogP contribution in [0, 0.1) is 10.8 Å². The molecule has 1 aliphatic heterocycles. The van der Waals surface area contributed by atoms with Gasteiger partial charge in [-0.1, -0.05) is 6.92 Å². The first kappa shape index (κ1) is 21.1. The molecule has 9 nitrogen and oxygen atoms in total. The Hall–Kier alpha value is -2.78. The van der Waals surface area contributed by atoms with Gasteiger partial charge in [0.1, 0.15) is 5.82 Å². The molecule has 170 valence electrons. The monoisotopic (exact) mass is 437 g/mol. The van der Waals surface area contributed by atoms with Crippen LogP contribution in [-0.2, 0) is 10.3 Å². The number of rotatable bonds is 4. The van der Waals surface area contributed by atoms with Gasteiger partial charge in [0.05, 0.1) is 37.3 Å². The van der Waals surface area contributed by atoms with Crippen molar-refractivity contribution in [1.82, 2.24) is 25.0 Å². The van der Waals surface area contributed by atoms with E-state index in [-0.39, 0.29) is 11.5 Å². The number of pyridine rings is 1. The Balaban J connectivity index is 1.64. The fourth-order valence-electron chi connectivity index (χ4n) is 4.99. The Bertz CT molecular complexity index is 1130. The molecule has 1 saturated carbocycles. The van der Waals surface area contributed by atoms with E-state index >= 15 is 0 Å². The number of H-pyrrole nitrogens is 1. The number of fused-ring (bicyclic) bond motifs is 1. The molecule has 32 heavy (non-hydrogen) atoms. The number of hydrogen-bond acceptors (Lipinski definition) is 7. The van der Waals surface area contributed by atoms with Crippen molar-refractivity contribution < 1.29 is 9.84 Å². The largest absolute Gasteiger partial charge is 0.385 e. The van der Waals surface area contributed by atoms with Crippen LogP contribution in [0.5, 0.6) is 0 Å².